The molecule has 0 aliphatic carbocycles. The zero-order valence-electron chi connectivity index (χ0n) is 13.7. The van der Waals surface area contributed by atoms with Crippen molar-refractivity contribution in [1.82, 2.24) is 9.55 Å². The van der Waals surface area contributed by atoms with E-state index >= 15 is 0 Å². The van der Waals surface area contributed by atoms with E-state index in [1.807, 2.05) is 30.3 Å². The van der Waals surface area contributed by atoms with Gasteiger partial charge in [-0.2, -0.15) is 0 Å². The van der Waals surface area contributed by atoms with Crippen LogP contribution in [-0.2, 0) is 6.54 Å². The molecule has 1 amide bonds. The van der Waals surface area contributed by atoms with Gasteiger partial charge >= 0.3 is 0 Å². The second-order valence-electron chi connectivity index (χ2n) is 5.55. The normalized spacial score (nSPS) is 10.7. The van der Waals surface area contributed by atoms with Crippen LogP contribution < -0.4 is 11.3 Å². The number of nitro groups is 1. The quantitative estimate of drug-likeness (QED) is 0.549. The Bertz CT molecular complexity index is 1050. The number of rotatable bonds is 5. The molecule has 3 aromatic rings. The predicted molar refractivity (Wildman–Crippen MR) is 91.7 cm³/mol. The minimum Gasteiger partial charge on any atom is -0.441 e. The van der Waals surface area contributed by atoms with Crippen LogP contribution in [0.1, 0.15) is 21.8 Å². The fourth-order valence-corrected chi connectivity index (χ4v) is 2.45. The van der Waals surface area contributed by atoms with Crippen LogP contribution in [0.2, 0.25) is 0 Å². The Morgan fingerprint density at radius 2 is 2.04 bits per heavy atom. The molecule has 0 bridgehead atoms. The molecule has 2 aromatic heterocycles. The maximum atomic E-state index is 12.4. The van der Waals surface area contributed by atoms with E-state index in [2.05, 4.69) is 4.98 Å². The van der Waals surface area contributed by atoms with Crippen molar-refractivity contribution in [3.63, 3.8) is 0 Å². The maximum absolute atomic E-state index is 12.4. The van der Waals surface area contributed by atoms with Gasteiger partial charge in [0.1, 0.15) is 17.0 Å². The standard InChI is InChI=1S/C17H14N4O5/c1-10-14(19-16(26-10)11-5-3-2-4-6-11)9-20-8-12(21(24)25)7-13(15(18)22)17(20)23/h2-8H,9H2,1H3,(H2,18,22). The van der Waals surface area contributed by atoms with Crippen LogP contribution in [0.5, 0.6) is 0 Å². The Morgan fingerprint density at radius 3 is 2.65 bits per heavy atom. The van der Waals surface area contributed by atoms with Gasteiger partial charge < -0.3 is 14.7 Å². The van der Waals surface area contributed by atoms with Gasteiger partial charge in [-0.25, -0.2) is 4.98 Å². The van der Waals surface area contributed by atoms with Gasteiger partial charge in [-0.05, 0) is 19.1 Å². The highest BCUT2D eigenvalue weighted by Gasteiger charge is 2.19. The van der Waals surface area contributed by atoms with E-state index < -0.39 is 27.6 Å². The van der Waals surface area contributed by atoms with E-state index in [4.69, 9.17) is 10.2 Å². The van der Waals surface area contributed by atoms with E-state index in [-0.39, 0.29) is 6.54 Å². The predicted octanol–water partition coefficient (Wildman–Crippen LogP) is 1.87. The summed E-state index contributed by atoms with van der Waals surface area (Å²) < 4.78 is 6.64. The van der Waals surface area contributed by atoms with Crippen LogP contribution in [-0.4, -0.2) is 20.4 Å². The molecule has 0 saturated carbocycles. The molecule has 3 rings (SSSR count). The molecule has 0 atom stereocenters. The van der Waals surface area contributed by atoms with Crippen molar-refractivity contribution < 1.29 is 14.1 Å². The van der Waals surface area contributed by atoms with Crippen molar-refractivity contribution in [2.45, 2.75) is 13.5 Å². The number of oxazole rings is 1. The molecule has 0 fully saturated rings. The third-order valence-electron chi connectivity index (χ3n) is 3.78. The third-order valence-corrected chi connectivity index (χ3v) is 3.78. The van der Waals surface area contributed by atoms with Crippen molar-refractivity contribution in [3.05, 3.63) is 80.1 Å². The second-order valence-corrected chi connectivity index (χ2v) is 5.55. The van der Waals surface area contributed by atoms with Gasteiger partial charge in [-0.3, -0.25) is 19.7 Å². The van der Waals surface area contributed by atoms with Gasteiger partial charge in [0.25, 0.3) is 17.2 Å². The molecule has 0 radical (unpaired) electrons. The maximum Gasteiger partial charge on any atom is 0.286 e. The van der Waals surface area contributed by atoms with Crippen LogP contribution in [0, 0.1) is 17.0 Å². The number of nitrogens with two attached hydrogens (primary N) is 1. The first kappa shape index (κ1) is 17.1. The fraction of sp³-hybridized carbons (Fsp3) is 0.118. The summed E-state index contributed by atoms with van der Waals surface area (Å²) in [7, 11) is 0. The number of hydrogen-bond acceptors (Lipinski definition) is 6. The van der Waals surface area contributed by atoms with Crippen molar-refractivity contribution in [3.8, 4) is 11.5 Å². The van der Waals surface area contributed by atoms with Crippen molar-refractivity contribution in [2.24, 2.45) is 5.73 Å². The van der Waals surface area contributed by atoms with E-state index in [1.165, 1.54) is 0 Å². The summed E-state index contributed by atoms with van der Waals surface area (Å²) in [6.45, 7) is 1.58. The molecule has 9 nitrogen and oxygen atoms in total. The molecule has 1 aromatic carbocycles. The molecule has 26 heavy (non-hydrogen) atoms. The lowest BCUT2D eigenvalue weighted by atomic mass is 10.2. The van der Waals surface area contributed by atoms with Crippen LogP contribution >= 0.6 is 0 Å². The monoisotopic (exact) mass is 354 g/mol. The molecule has 0 aliphatic heterocycles. The van der Waals surface area contributed by atoms with Gasteiger partial charge in [-0.15, -0.1) is 0 Å². The number of hydrogen-bond donors (Lipinski definition) is 1. The van der Waals surface area contributed by atoms with E-state index in [0.717, 1.165) is 22.4 Å². The van der Waals surface area contributed by atoms with Crippen molar-refractivity contribution in [1.29, 1.82) is 0 Å². The fourth-order valence-electron chi connectivity index (χ4n) is 2.45. The first-order valence-electron chi connectivity index (χ1n) is 7.57. The molecular formula is C17H14N4O5. The Hall–Kier alpha value is -3.75. The summed E-state index contributed by atoms with van der Waals surface area (Å²) in [6.07, 6.45) is 1.05. The third kappa shape index (κ3) is 3.22. The lowest BCUT2D eigenvalue weighted by Gasteiger charge is -2.05. The molecule has 0 unspecified atom stereocenters. The van der Waals surface area contributed by atoms with E-state index in [1.54, 1.807) is 6.92 Å². The highest BCUT2D eigenvalue weighted by atomic mass is 16.6. The highest BCUT2D eigenvalue weighted by Crippen LogP contribution is 2.22. The summed E-state index contributed by atoms with van der Waals surface area (Å²) in [6, 6.07) is 10.0. The van der Waals surface area contributed by atoms with Gasteiger partial charge in [0, 0.05) is 11.6 Å². The van der Waals surface area contributed by atoms with E-state index in [0.29, 0.717) is 17.3 Å². The van der Waals surface area contributed by atoms with Gasteiger partial charge in [-0.1, -0.05) is 18.2 Å². The van der Waals surface area contributed by atoms with Crippen LogP contribution in [0.3, 0.4) is 0 Å². The smallest absolute Gasteiger partial charge is 0.286 e. The molecule has 2 N–H and O–H groups in total. The molecule has 9 heteroatoms. The molecule has 0 aliphatic rings. The first-order chi connectivity index (χ1) is 12.4. The summed E-state index contributed by atoms with van der Waals surface area (Å²) in [4.78, 5) is 38.5. The topological polar surface area (TPSA) is 134 Å². The number of nitrogens with zero attached hydrogens (tertiary/aromatic N) is 3. The van der Waals surface area contributed by atoms with Gasteiger partial charge in [0.05, 0.1) is 17.7 Å². The second kappa shape index (κ2) is 6.63. The van der Waals surface area contributed by atoms with E-state index in [9.17, 15) is 19.7 Å². The Labute approximate surface area is 146 Å². The lowest BCUT2D eigenvalue weighted by molar-refractivity contribution is -0.385. The van der Waals surface area contributed by atoms with Crippen LogP contribution in [0.4, 0.5) is 5.69 Å². The summed E-state index contributed by atoms with van der Waals surface area (Å²) in [5.41, 5.74) is 4.72. The Balaban J connectivity index is 2.04. The number of benzene rings is 1. The number of primary amides is 1. The first-order valence-corrected chi connectivity index (χ1v) is 7.57. The number of aromatic nitrogens is 2. The SMILES string of the molecule is Cc1oc(-c2ccccc2)nc1Cn1cc([N+](=O)[O-])cc(C(N)=O)c1=O. The molecule has 0 spiro atoms. The lowest BCUT2D eigenvalue weighted by Crippen LogP contribution is -2.30. The zero-order chi connectivity index (χ0) is 18.8. The molecular weight excluding hydrogens is 340 g/mol. The summed E-state index contributed by atoms with van der Waals surface area (Å²) in [5, 5.41) is 11.1. The minimum absolute atomic E-state index is 0.0943. The number of amides is 1. The summed E-state index contributed by atoms with van der Waals surface area (Å²) >= 11 is 0. The number of pyridine rings is 1. The average Bonchev–Trinajstić information content (AvgIpc) is 2.97. The van der Waals surface area contributed by atoms with Crippen molar-refractivity contribution >= 4 is 11.6 Å². The Kier molecular flexibility index (Phi) is 4.36. The highest BCUT2D eigenvalue weighted by molar-refractivity contribution is 5.92. The number of carbonyl (C=O) groups is 1. The van der Waals surface area contributed by atoms with Gasteiger partial charge in [0.2, 0.25) is 5.89 Å². The Morgan fingerprint density at radius 1 is 1.35 bits per heavy atom. The van der Waals surface area contributed by atoms with Crippen LogP contribution in [0.25, 0.3) is 11.5 Å². The summed E-state index contributed by atoms with van der Waals surface area (Å²) in [5.74, 6) is -0.205. The zero-order valence-corrected chi connectivity index (χ0v) is 13.7. The number of aryl methyl sites for hydroxylation is 1. The molecule has 132 valence electrons. The van der Waals surface area contributed by atoms with Crippen molar-refractivity contribution in [2.75, 3.05) is 0 Å². The van der Waals surface area contributed by atoms with Crippen LogP contribution in [0.15, 0.2) is 51.8 Å². The minimum atomic E-state index is -1.03. The van der Waals surface area contributed by atoms with Gasteiger partial charge in [0.15, 0.2) is 0 Å². The average molecular weight is 354 g/mol. The number of carbonyl (C=O) groups excluding carboxylic acids is 1. The largest absolute Gasteiger partial charge is 0.441 e. The molecule has 0 saturated heterocycles. The molecule has 2 heterocycles.